The lowest BCUT2D eigenvalue weighted by Crippen LogP contribution is -2.42. The Labute approximate surface area is 125 Å². The zero-order chi connectivity index (χ0) is 16.0. The number of amides is 2. The number of likely N-dealkylation sites (tertiary alicyclic amines) is 1. The zero-order valence-corrected chi connectivity index (χ0v) is 13.1. The summed E-state index contributed by atoms with van der Waals surface area (Å²) in [6, 6.07) is -0.328. The first-order valence-electron chi connectivity index (χ1n) is 7.69. The second kappa shape index (κ2) is 8.12. The molecule has 0 aliphatic carbocycles. The van der Waals surface area contributed by atoms with Crippen LogP contribution in [0.2, 0.25) is 0 Å². The van der Waals surface area contributed by atoms with E-state index >= 15 is 0 Å². The average Bonchev–Trinajstić information content (AvgIpc) is 2.66. The first-order chi connectivity index (χ1) is 9.86. The van der Waals surface area contributed by atoms with Crippen molar-refractivity contribution < 1.29 is 19.5 Å². The van der Waals surface area contributed by atoms with Crippen LogP contribution >= 0.6 is 0 Å². The van der Waals surface area contributed by atoms with Crippen LogP contribution in [0.3, 0.4) is 0 Å². The molecule has 3 atom stereocenters. The summed E-state index contributed by atoms with van der Waals surface area (Å²) in [6.45, 7) is 6.09. The maximum Gasteiger partial charge on any atom is 0.306 e. The number of carboxylic acids is 1. The SMILES string of the molecule is CCCN1C(=O)CC(NC(C)CCCC(C)C(=O)O)C1=O. The van der Waals surface area contributed by atoms with Gasteiger partial charge in [-0.15, -0.1) is 0 Å². The molecule has 1 saturated heterocycles. The van der Waals surface area contributed by atoms with Gasteiger partial charge in [0, 0.05) is 12.6 Å². The van der Waals surface area contributed by atoms with Crippen molar-refractivity contribution in [2.75, 3.05) is 6.54 Å². The van der Waals surface area contributed by atoms with Gasteiger partial charge in [-0.3, -0.25) is 19.3 Å². The first kappa shape index (κ1) is 17.6. The molecule has 0 spiro atoms. The number of carbonyl (C=O) groups is 3. The standard InChI is InChI=1S/C15H26N2O4/c1-4-8-17-13(18)9-12(14(17)19)16-11(3)7-5-6-10(2)15(20)21/h10-12,16H,4-9H2,1-3H3,(H,20,21). The topological polar surface area (TPSA) is 86.7 Å². The predicted octanol–water partition coefficient (Wildman–Crippen LogP) is 1.39. The van der Waals surface area contributed by atoms with Gasteiger partial charge < -0.3 is 10.4 Å². The largest absolute Gasteiger partial charge is 0.481 e. The summed E-state index contributed by atoms with van der Waals surface area (Å²) in [7, 11) is 0. The molecule has 0 aromatic rings. The number of hydrogen-bond donors (Lipinski definition) is 2. The van der Waals surface area contributed by atoms with Crippen molar-refractivity contribution in [2.45, 2.75) is 65.0 Å². The number of hydrogen-bond acceptors (Lipinski definition) is 4. The molecule has 2 amide bonds. The van der Waals surface area contributed by atoms with E-state index in [0.29, 0.717) is 13.0 Å². The molecular weight excluding hydrogens is 272 g/mol. The molecule has 6 heteroatoms. The van der Waals surface area contributed by atoms with Crippen molar-refractivity contribution in [1.82, 2.24) is 10.2 Å². The third-order valence-electron chi connectivity index (χ3n) is 3.87. The Morgan fingerprint density at radius 2 is 2.05 bits per heavy atom. The second-order valence-corrected chi connectivity index (χ2v) is 5.88. The number of carboxylic acid groups (broad SMARTS) is 1. The van der Waals surface area contributed by atoms with Crippen molar-refractivity contribution >= 4 is 17.8 Å². The van der Waals surface area contributed by atoms with E-state index < -0.39 is 12.0 Å². The molecule has 0 aromatic heterocycles. The van der Waals surface area contributed by atoms with Crippen LogP contribution in [-0.4, -0.2) is 46.4 Å². The van der Waals surface area contributed by atoms with Gasteiger partial charge >= 0.3 is 5.97 Å². The minimum absolute atomic E-state index is 0.0920. The van der Waals surface area contributed by atoms with Crippen molar-refractivity contribution in [3.05, 3.63) is 0 Å². The van der Waals surface area contributed by atoms with E-state index in [2.05, 4.69) is 5.32 Å². The van der Waals surface area contributed by atoms with Crippen molar-refractivity contribution in [1.29, 1.82) is 0 Å². The monoisotopic (exact) mass is 298 g/mol. The quantitative estimate of drug-likeness (QED) is 0.628. The normalized spacial score (nSPS) is 21.7. The molecule has 1 heterocycles. The summed E-state index contributed by atoms with van der Waals surface area (Å²) in [5.41, 5.74) is 0. The predicted molar refractivity (Wildman–Crippen MR) is 78.7 cm³/mol. The molecule has 3 unspecified atom stereocenters. The fraction of sp³-hybridized carbons (Fsp3) is 0.800. The van der Waals surface area contributed by atoms with Crippen LogP contribution in [0.1, 0.15) is 52.9 Å². The molecule has 120 valence electrons. The fourth-order valence-electron chi connectivity index (χ4n) is 2.55. The molecular formula is C15H26N2O4. The molecule has 1 aliphatic heterocycles. The van der Waals surface area contributed by atoms with Crippen LogP contribution in [-0.2, 0) is 14.4 Å². The maximum absolute atomic E-state index is 12.1. The Morgan fingerprint density at radius 3 is 2.62 bits per heavy atom. The van der Waals surface area contributed by atoms with Crippen molar-refractivity contribution in [3.63, 3.8) is 0 Å². The second-order valence-electron chi connectivity index (χ2n) is 5.88. The van der Waals surface area contributed by atoms with Gasteiger partial charge in [0.2, 0.25) is 11.8 Å². The lowest BCUT2D eigenvalue weighted by molar-refractivity contribution is -0.141. The van der Waals surface area contributed by atoms with Crippen LogP contribution in [0.15, 0.2) is 0 Å². The highest BCUT2D eigenvalue weighted by molar-refractivity contribution is 6.05. The van der Waals surface area contributed by atoms with Crippen molar-refractivity contribution in [2.24, 2.45) is 5.92 Å². The van der Waals surface area contributed by atoms with Gasteiger partial charge in [0.15, 0.2) is 0 Å². The van der Waals surface area contributed by atoms with E-state index in [-0.39, 0.29) is 30.2 Å². The third kappa shape index (κ3) is 5.12. The lowest BCUT2D eigenvalue weighted by atomic mass is 10.0. The summed E-state index contributed by atoms with van der Waals surface area (Å²) in [5.74, 6) is -1.35. The van der Waals surface area contributed by atoms with E-state index in [1.165, 1.54) is 4.90 Å². The van der Waals surface area contributed by atoms with E-state index in [9.17, 15) is 14.4 Å². The zero-order valence-electron chi connectivity index (χ0n) is 13.1. The smallest absolute Gasteiger partial charge is 0.306 e. The lowest BCUT2D eigenvalue weighted by Gasteiger charge is -2.19. The highest BCUT2D eigenvalue weighted by Gasteiger charge is 2.38. The Kier molecular flexibility index (Phi) is 6.81. The van der Waals surface area contributed by atoms with Crippen LogP contribution in [0.25, 0.3) is 0 Å². The Hall–Kier alpha value is -1.43. The van der Waals surface area contributed by atoms with E-state index in [1.54, 1.807) is 6.92 Å². The minimum atomic E-state index is -0.776. The third-order valence-corrected chi connectivity index (χ3v) is 3.87. The van der Waals surface area contributed by atoms with Crippen molar-refractivity contribution in [3.8, 4) is 0 Å². The summed E-state index contributed by atoms with van der Waals surface area (Å²) in [4.78, 5) is 35.9. The van der Waals surface area contributed by atoms with Gasteiger partial charge in [-0.25, -0.2) is 0 Å². The average molecular weight is 298 g/mol. The molecule has 0 saturated carbocycles. The van der Waals surface area contributed by atoms with Gasteiger partial charge in [0.25, 0.3) is 0 Å². The highest BCUT2D eigenvalue weighted by Crippen LogP contribution is 2.16. The van der Waals surface area contributed by atoms with E-state index in [4.69, 9.17) is 5.11 Å². The molecule has 0 radical (unpaired) electrons. The first-order valence-corrected chi connectivity index (χ1v) is 7.69. The number of carbonyl (C=O) groups excluding carboxylic acids is 2. The van der Waals surface area contributed by atoms with Gasteiger partial charge in [0.1, 0.15) is 0 Å². The number of nitrogens with zero attached hydrogens (tertiary/aromatic N) is 1. The highest BCUT2D eigenvalue weighted by atomic mass is 16.4. The summed E-state index contributed by atoms with van der Waals surface area (Å²) < 4.78 is 0. The van der Waals surface area contributed by atoms with E-state index in [1.807, 2.05) is 13.8 Å². The fourth-order valence-corrected chi connectivity index (χ4v) is 2.55. The van der Waals surface area contributed by atoms with E-state index in [0.717, 1.165) is 19.3 Å². The molecule has 1 fully saturated rings. The summed E-state index contributed by atoms with van der Waals surface area (Å²) >= 11 is 0. The number of nitrogens with one attached hydrogen (secondary N) is 1. The summed E-state index contributed by atoms with van der Waals surface area (Å²) in [6.07, 6.45) is 3.21. The van der Waals surface area contributed by atoms with Crippen LogP contribution in [0.4, 0.5) is 0 Å². The van der Waals surface area contributed by atoms with Gasteiger partial charge in [0.05, 0.1) is 18.4 Å². The molecule has 21 heavy (non-hydrogen) atoms. The van der Waals surface area contributed by atoms with Crippen LogP contribution < -0.4 is 5.32 Å². The van der Waals surface area contributed by atoms with Gasteiger partial charge in [-0.05, 0) is 26.2 Å². The molecule has 0 aromatic carbocycles. The molecule has 2 N–H and O–H groups in total. The molecule has 6 nitrogen and oxygen atoms in total. The number of imide groups is 1. The summed E-state index contributed by atoms with van der Waals surface area (Å²) in [5, 5.41) is 12.0. The Balaban J connectivity index is 2.35. The Bertz CT molecular complexity index is 397. The maximum atomic E-state index is 12.1. The molecule has 1 rings (SSSR count). The number of rotatable bonds is 9. The van der Waals surface area contributed by atoms with Crippen LogP contribution in [0.5, 0.6) is 0 Å². The van der Waals surface area contributed by atoms with Gasteiger partial charge in [-0.1, -0.05) is 20.3 Å². The number of aliphatic carboxylic acids is 1. The molecule has 1 aliphatic rings. The van der Waals surface area contributed by atoms with Crippen LogP contribution in [0, 0.1) is 5.92 Å². The minimum Gasteiger partial charge on any atom is -0.481 e. The Morgan fingerprint density at radius 1 is 1.38 bits per heavy atom. The van der Waals surface area contributed by atoms with Gasteiger partial charge in [-0.2, -0.15) is 0 Å². The molecule has 0 bridgehead atoms.